The van der Waals surface area contributed by atoms with Crippen LogP contribution in [0.4, 0.5) is 36.7 Å². The Balaban J connectivity index is 2.00. The molecule has 1 amide bonds. The van der Waals surface area contributed by atoms with Gasteiger partial charge in [-0.1, -0.05) is 0 Å². The van der Waals surface area contributed by atoms with Gasteiger partial charge < -0.3 is 9.47 Å². The number of anilines is 1. The van der Waals surface area contributed by atoms with Crippen molar-refractivity contribution in [3.05, 3.63) is 65.5 Å². The summed E-state index contributed by atoms with van der Waals surface area (Å²) in [6, 6.07) is 5.63. The predicted octanol–water partition coefficient (Wildman–Crippen LogP) is 5.03. The number of benzene rings is 2. The van der Waals surface area contributed by atoms with Crippen molar-refractivity contribution in [2.75, 3.05) is 12.4 Å². The highest BCUT2D eigenvalue weighted by Crippen LogP contribution is 2.33. The van der Waals surface area contributed by atoms with E-state index in [9.17, 15) is 35.5 Å². The third kappa shape index (κ3) is 4.92. The number of aromatic nitrogens is 2. The minimum Gasteiger partial charge on any atom is -0.497 e. The highest BCUT2D eigenvalue weighted by atomic mass is 19.4. The van der Waals surface area contributed by atoms with Gasteiger partial charge >= 0.3 is 12.8 Å². The summed E-state index contributed by atoms with van der Waals surface area (Å²) < 4.78 is 102. The average Bonchev–Trinajstić information content (AvgIpc) is 3.11. The zero-order valence-electron chi connectivity index (χ0n) is 15.9. The first-order chi connectivity index (χ1) is 15.0. The highest BCUT2D eigenvalue weighted by molar-refractivity contribution is 6.03. The lowest BCUT2D eigenvalue weighted by Crippen LogP contribution is -2.16. The Morgan fingerprint density at radius 3 is 2.16 bits per heavy atom. The number of carbonyl (C=O) groups is 1. The molecule has 0 saturated carbocycles. The van der Waals surface area contributed by atoms with Gasteiger partial charge in [0.2, 0.25) is 5.95 Å². The number of alkyl halides is 5. The zero-order chi connectivity index (χ0) is 23.6. The molecule has 0 aliphatic carbocycles. The molecule has 3 aromatic rings. The molecule has 0 radical (unpaired) electrons. The van der Waals surface area contributed by atoms with Crippen LogP contribution in [0.15, 0.2) is 42.6 Å². The fourth-order valence-electron chi connectivity index (χ4n) is 2.63. The van der Waals surface area contributed by atoms with Crippen LogP contribution in [0, 0.1) is 11.6 Å². The molecule has 1 N–H and O–H groups in total. The number of imidazole rings is 1. The second-order valence-electron chi connectivity index (χ2n) is 6.11. The summed E-state index contributed by atoms with van der Waals surface area (Å²) in [5, 5.41) is 2.02. The van der Waals surface area contributed by atoms with Gasteiger partial charge in [0, 0.05) is 23.9 Å². The van der Waals surface area contributed by atoms with E-state index < -0.39 is 47.7 Å². The van der Waals surface area contributed by atoms with E-state index in [1.165, 1.54) is 0 Å². The van der Waals surface area contributed by atoms with Crippen molar-refractivity contribution in [3.63, 3.8) is 0 Å². The van der Waals surface area contributed by atoms with Crippen molar-refractivity contribution in [1.82, 2.24) is 9.55 Å². The van der Waals surface area contributed by atoms with Crippen LogP contribution in [0.25, 0.3) is 5.69 Å². The summed E-state index contributed by atoms with van der Waals surface area (Å²) in [6.45, 7) is -3.10. The molecule has 0 unspecified atom stereocenters. The third-order valence-corrected chi connectivity index (χ3v) is 4.03. The first kappa shape index (κ1) is 22.9. The van der Waals surface area contributed by atoms with Crippen LogP contribution in [-0.2, 0) is 6.18 Å². The largest absolute Gasteiger partial charge is 0.497 e. The molecule has 0 atom stereocenters. The molecule has 170 valence electrons. The number of carbonyl (C=O) groups excluding carboxylic acids is 1. The maximum atomic E-state index is 14.4. The van der Waals surface area contributed by atoms with E-state index >= 15 is 0 Å². The Bertz CT molecular complexity index is 1110. The summed E-state index contributed by atoms with van der Waals surface area (Å²) in [4.78, 5) is 15.6. The first-order valence-electron chi connectivity index (χ1n) is 8.56. The number of halogens is 7. The van der Waals surface area contributed by atoms with Crippen LogP contribution in [-0.4, -0.2) is 29.2 Å². The Morgan fingerprint density at radius 1 is 1.06 bits per heavy atom. The fraction of sp³-hybridized carbons (Fsp3) is 0.158. The van der Waals surface area contributed by atoms with E-state index in [1.807, 2.05) is 5.32 Å². The van der Waals surface area contributed by atoms with Crippen molar-refractivity contribution in [2.24, 2.45) is 0 Å². The van der Waals surface area contributed by atoms with Gasteiger partial charge in [-0.2, -0.15) is 22.0 Å². The van der Waals surface area contributed by atoms with Crippen LogP contribution < -0.4 is 14.8 Å². The highest BCUT2D eigenvalue weighted by Gasteiger charge is 2.36. The Kier molecular flexibility index (Phi) is 6.27. The number of methoxy groups -OCH3 is 1. The minimum atomic E-state index is -4.99. The van der Waals surface area contributed by atoms with Crippen LogP contribution in [0.3, 0.4) is 0 Å². The Hall–Kier alpha value is -3.77. The molecule has 32 heavy (non-hydrogen) atoms. The monoisotopic (exact) mass is 463 g/mol. The number of nitrogens with one attached hydrogen (secondary N) is 1. The van der Waals surface area contributed by atoms with E-state index in [4.69, 9.17) is 4.74 Å². The van der Waals surface area contributed by atoms with Gasteiger partial charge in [-0.3, -0.25) is 14.7 Å². The molecule has 0 fully saturated rings. The van der Waals surface area contributed by atoms with Crippen LogP contribution >= 0.6 is 0 Å². The summed E-state index contributed by atoms with van der Waals surface area (Å²) in [5.74, 6) is -4.91. The lowest BCUT2D eigenvalue weighted by Gasteiger charge is -2.12. The molecule has 0 bridgehead atoms. The SMILES string of the molecule is COc1cc(F)c(-n2cc(C(F)(F)F)nc2NC(=O)c2ccc(OC(F)F)cc2)c(F)c1. The van der Waals surface area contributed by atoms with E-state index in [2.05, 4.69) is 9.72 Å². The number of rotatable bonds is 6. The first-order valence-corrected chi connectivity index (χ1v) is 8.56. The molecular formula is C19H12F7N3O3. The summed E-state index contributed by atoms with van der Waals surface area (Å²) in [7, 11) is 1.14. The number of amides is 1. The van der Waals surface area contributed by atoms with Crippen molar-refractivity contribution in [2.45, 2.75) is 12.8 Å². The van der Waals surface area contributed by atoms with Crippen molar-refractivity contribution < 1.29 is 45.0 Å². The van der Waals surface area contributed by atoms with Crippen molar-refractivity contribution in [3.8, 4) is 17.2 Å². The number of nitrogens with zero attached hydrogens (tertiary/aromatic N) is 2. The van der Waals surface area contributed by atoms with Gasteiger partial charge in [0.1, 0.15) is 17.2 Å². The molecule has 0 saturated heterocycles. The number of hydrogen-bond acceptors (Lipinski definition) is 4. The lowest BCUT2D eigenvalue weighted by molar-refractivity contribution is -0.140. The van der Waals surface area contributed by atoms with Crippen molar-refractivity contribution in [1.29, 1.82) is 0 Å². The van der Waals surface area contributed by atoms with Gasteiger partial charge in [-0.05, 0) is 24.3 Å². The van der Waals surface area contributed by atoms with Gasteiger partial charge in [0.05, 0.1) is 7.11 Å². The Labute approximate surface area is 175 Å². The summed E-state index contributed by atoms with van der Waals surface area (Å²) in [5.41, 5.74) is -2.64. The maximum Gasteiger partial charge on any atom is 0.434 e. The molecule has 1 heterocycles. The topological polar surface area (TPSA) is 65.4 Å². The van der Waals surface area contributed by atoms with Gasteiger partial charge in [0.25, 0.3) is 5.91 Å². The molecule has 1 aromatic heterocycles. The van der Waals surface area contributed by atoms with E-state index in [0.717, 1.165) is 43.5 Å². The van der Waals surface area contributed by atoms with E-state index in [-0.39, 0.29) is 17.1 Å². The Morgan fingerprint density at radius 2 is 1.66 bits per heavy atom. The van der Waals surface area contributed by atoms with Crippen LogP contribution in [0.1, 0.15) is 16.1 Å². The molecule has 2 aromatic carbocycles. The second kappa shape index (κ2) is 8.77. The molecular weight excluding hydrogens is 451 g/mol. The molecule has 0 aliphatic rings. The molecule has 0 spiro atoms. The molecule has 0 aliphatic heterocycles. The predicted molar refractivity (Wildman–Crippen MR) is 96.1 cm³/mol. The number of ether oxygens (including phenoxy) is 2. The van der Waals surface area contributed by atoms with E-state index in [1.54, 1.807) is 0 Å². The molecule has 13 heteroatoms. The lowest BCUT2D eigenvalue weighted by atomic mass is 10.2. The summed E-state index contributed by atoms with van der Waals surface area (Å²) in [6.07, 6.45) is -4.68. The van der Waals surface area contributed by atoms with Gasteiger partial charge in [0.15, 0.2) is 17.3 Å². The van der Waals surface area contributed by atoms with Crippen molar-refractivity contribution >= 4 is 11.9 Å². The maximum absolute atomic E-state index is 14.4. The normalized spacial score (nSPS) is 11.5. The molecule has 6 nitrogen and oxygen atoms in total. The molecule has 3 rings (SSSR count). The quantitative estimate of drug-likeness (QED) is 0.521. The number of hydrogen-bond donors (Lipinski definition) is 1. The smallest absolute Gasteiger partial charge is 0.434 e. The zero-order valence-corrected chi connectivity index (χ0v) is 15.9. The van der Waals surface area contributed by atoms with Crippen LogP contribution in [0.5, 0.6) is 11.5 Å². The summed E-state index contributed by atoms with van der Waals surface area (Å²) >= 11 is 0. The van der Waals surface area contributed by atoms with Crippen LogP contribution in [0.2, 0.25) is 0 Å². The van der Waals surface area contributed by atoms with E-state index in [0.29, 0.717) is 10.8 Å². The average molecular weight is 463 g/mol. The third-order valence-electron chi connectivity index (χ3n) is 4.03. The van der Waals surface area contributed by atoms with Gasteiger partial charge in [-0.25, -0.2) is 13.8 Å². The second-order valence-corrected chi connectivity index (χ2v) is 6.11. The van der Waals surface area contributed by atoms with Gasteiger partial charge in [-0.15, -0.1) is 0 Å². The fourth-order valence-corrected chi connectivity index (χ4v) is 2.63. The minimum absolute atomic E-state index is 0.176. The standard InChI is InChI=1S/C19H12F7N3O3/c1-31-11-6-12(20)15(13(21)7-11)29-8-14(19(24,25)26)27-18(29)28-16(30)9-2-4-10(5-3-9)32-17(22)23/h2-8,17H,1H3,(H,27,28,30).